The van der Waals surface area contributed by atoms with E-state index in [4.69, 9.17) is 0 Å². The maximum Gasteiger partial charge on any atom is 0.150 e. The third kappa shape index (κ3) is 3.45. The van der Waals surface area contributed by atoms with Crippen LogP contribution < -0.4 is 5.32 Å². The molecule has 0 amide bonds. The van der Waals surface area contributed by atoms with Crippen molar-refractivity contribution in [1.82, 2.24) is 5.32 Å². The van der Waals surface area contributed by atoms with Crippen LogP contribution in [0.5, 0.6) is 0 Å². The molecule has 106 valence electrons. The molecule has 4 atom stereocenters. The molecule has 2 aliphatic carbocycles. The zero-order valence-electron chi connectivity index (χ0n) is 11.1. The first-order chi connectivity index (χ1) is 8.50. The van der Waals surface area contributed by atoms with Crippen LogP contribution in [0.2, 0.25) is 0 Å². The fourth-order valence-electron chi connectivity index (χ4n) is 3.46. The van der Waals surface area contributed by atoms with Gasteiger partial charge in [0.15, 0.2) is 0 Å². The minimum atomic E-state index is -2.90. The van der Waals surface area contributed by atoms with E-state index in [0.29, 0.717) is 18.0 Å². The summed E-state index contributed by atoms with van der Waals surface area (Å²) in [4.78, 5) is 0. The lowest BCUT2D eigenvalue weighted by Gasteiger charge is -2.32. The van der Waals surface area contributed by atoms with Crippen molar-refractivity contribution in [3.63, 3.8) is 0 Å². The van der Waals surface area contributed by atoms with Crippen molar-refractivity contribution in [3.05, 3.63) is 0 Å². The van der Waals surface area contributed by atoms with Crippen molar-refractivity contribution >= 4 is 9.84 Å². The van der Waals surface area contributed by atoms with Crippen molar-refractivity contribution in [1.29, 1.82) is 0 Å². The Labute approximate surface area is 110 Å². The maximum absolute atomic E-state index is 11.6. The topological polar surface area (TPSA) is 66.4 Å². The average molecular weight is 275 g/mol. The summed E-state index contributed by atoms with van der Waals surface area (Å²) < 4.78 is 23.2. The van der Waals surface area contributed by atoms with Gasteiger partial charge in [0.1, 0.15) is 9.84 Å². The Morgan fingerprint density at radius 1 is 1.17 bits per heavy atom. The van der Waals surface area contributed by atoms with E-state index >= 15 is 0 Å². The van der Waals surface area contributed by atoms with Gasteiger partial charge < -0.3 is 10.4 Å². The molecule has 2 saturated carbocycles. The quantitative estimate of drug-likeness (QED) is 0.806. The Morgan fingerprint density at radius 3 is 2.56 bits per heavy atom. The van der Waals surface area contributed by atoms with E-state index < -0.39 is 9.84 Å². The van der Waals surface area contributed by atoms with Crippen molar-refractivity contribution in [2.24, 2.45) is 5.92 Å². The molecule has 2 aliphatic rings. The minimum absolute atomic E-state index is 0.169. The molecule has 0 aliphatic heterocycles. The molecule has 0 aromatic carbocycles. The van der Waals surface area contributed by atoms with Gasteiger partial charge in [-0.1, -0.05) is 12.8 Å². The second kappa shape index (κ2) is 5.88. The molecule has 0 saturated heterocycles. The molecule has 0 aromatic rings. The van der Waals surface area contributed by atoms with Gasteiger partial charge in [-0.15, -0.1) is 0 Å². The molecule has 2 fully saturated rings. The Hall–Kier alpha value is -0.130. The van der Waals surface area contributed by atoms with Crippen LogP contribution in [0.4, 0.5) is 0 Å². The summed E-state index contributed by atoms with van der Waals surface area (Å²) in [6.07, 6.45) is 8.35. The van der Waals surface area contributed by atoms with E-state index in [2.05, 4.69) is 5.32 Å². The largest absolute Gasteiger partial charge is 0.396 e. The van der Waals surface area contributed by atoms with Crippen molar-refractivity contribution in [2.45, 2.75) is 62.3 Å². The van der Waals surface area contributed by atoms with Crippen LogP contribution in [0, 0.1) is 5.92 Å². The summed E-state index contributed by atoms with van der Waals surface area (Å²) in [5.41, 5.74) is 0. The standard InChI is InChI=1S/C13H25NO3S/c1-18(16,17)12-6-3-5-11(8-12)14-13-7-2-4-10(13)9-15/h10-15H,2-9H2,1H3. The van der Waals surface area contributed by atoms with Crippen LogP contribution in [-0.4, -0.2) is 43.7 Å². The summed E-state index contributed by atoms with van der Waals surface area (Å²) >= 11 is 0. The van der Waals surface area contributed by atoms with Crippen LogP contribution >= 0.6 is 0 Å². The molecule has 0 radical (unpaired) electrons. The maximum atomic E-state index is 11.6. The molecular weight excluding hydrogens is 250 g/mol. The lowest BCUT2D eigenvalue weighted by molar-refractivity contribution is 0.193. The van der Waals surface area contributed by atoms with Crippen LogP contribution in [0.15, 0.2) is 0 Å². The minimum Gasteiger partial charge on any atom is -0.396 e. The molecule has 2 rings (SSSR count). The molecule has 0 aromatic heterocycles. The van der Waals surface area contributed by atoms with Crippen molar-refractivity contribution in [3.8, 4) is 0 Å². The highest BCUT2D eigenvalue weighted by molar-refractivity contribution is 7.91. The van der Waals surface area contributed by atoms with Gasteiger partial charge in [0.2, 0.25) is 0 Å². The number of aliphatic hydroxyl groups is 1. The normalized spacial score (nSPS) is 37.9. The van der Waals surface area contributed by atoms with Gasteiger partial charge in [0.25, 0.3) is 0 Å². The Morgan fingerprint density at radius 2 is 1.89 bits per heavy atom. The van der Waals surface area contributed by atoms with E-state index in [-0.39, 0.29) is 11.9 Å². The number of aliphatic hydroxyl groups excluding tert-OH is 1. The fourth-order valence-corrected chi connectivity index (χ4v) is 4.64. The highest BCUT2D eigenvalue weighted by Gasteiger charge is 2.33. The van der Waals surface area contributed by atoms with Gasteiger partial charge in [-0.05, 0) is 38.0 Å². The van der Waals surface area contributed by atoms with Crippen LogP contribution in [0.1, 0.15) is 44.9 Å². The van der Waals surface area contributed by atoms with Gasteiger partial charge >= 0.3 is 0 Å². The van der Waals surface area contributed by atoms with Gasteiger partial charge in [-0.3, -0.25) is 0 Å². The molecule has 5 heteroatoms. The average Bonchev–Trinajstić information content (AvgIpc) is 2.75. The van der Waals surface area contributed by atoms with Gasteiger partial charge in [0, 0.05) is 24.9 Å². The first-order valence-corrected chi connectivity index (χ1v) is 9.02. The summed E-state index contributed by atoms with van der Waals surface area (Å²) in [6, 6.07) is 0.703. The predicted molar refractivity (Wildman–Crippen MR) is 72.2 cm³/mol. The summed E-state index contributed by atoms with van der Waals surface area (Å²) in [5, 5.41) is 12.7. The molecule has 4 nitrogen and oxygen atoms in total. The molecule has 4 unspecified atom stereocenters. The first-order valence-electron chi connectivity index (χ1n) is 7.06. The summed E-state index contributed by atoms with van der Waals surface area (Å²) in [6.45, 7) is 0.250. The number of sulfone groups is 1. The molecule has 2 N–H and O–H groups in total. The Balaban J connectivity index is 1.90. The third-order valence-electron chi connectivity index (χ3n) is 4.57. The highest BCUT2D eigenvalue weighted by Crippen LogP contribution is 2.29. The second-order valence-corrected chi connectivity index (χ2v) is 8.29. The SMILES string of the molecule is CS(=O)(=O)C1CCCC(NC2CCCC2CO)C1. The molecule has 0 bridgehead atoms. The van der Waals surface area contributed by atoms with E-state index in [1.54, 1.807) is 0 Å². The fraction of sp³-hybridized carbons (Fsp3) is 1.00. The van der Waals surface area contributed by atoms with E-state index in [0.717, 1.165) is 38.5 Å². The smallest absolute Gasteiger partial charge is 0.150 e. The van der Waals surface area contributed by atoms with Crippen LogP contribution in [-0.2, 0) is 9.84 Å². The van der Waals surface area contributed by atoms with Gasteiger partial charge in [-0.25, -0.2) is 8.42 Å². The van der Waals surface area contributed by atoms with Crippen LogP contribution in [0.25, 0.3) is 0 Å². The van der Waals surface area contributed by atoms with Gasteiger partial charge in [-0.2, -0.15) is 0 Å². The summed E-state index contributed by atoms with van der Waals surface area (Å²) in [5.74, 6) is 0.364. The Bertz CT molecular complexity index is 368. The van der Waals surface area contributed by atoms with Crippen molar-refractivity contribution < 1.29 is 13.5 Å². The van der Waals surface area contributed by atoms with E-state index in [1.807, 2.05) is 0 Å². The molecule has 18 heavy (non-hydrogen) atoms. The van der Waals surface area contributed by atoms with E-state index in [1.165, 1.54) is 12.7 Å². The zero-order chi connectivity index (χ0) is 13.2. The summed E-state index contributed by atoms with van der Waals surface area (Å²) in [7, 11) is -2.90. The van der Waals surface area contributed by atoms with Crippen LogP contribution in [0.3, 0.4) is 0 Å². The lowest BCUT2D eigenvalue weighted by atomic mass is 9.93. The molecular formula is C13H25NO3S. The Kier molecular flexibility index (Phi) is 4.67. The third-order valence-corrected chi connectivity index (χ3v) is 6.21. The van der Waals surface area contributed by atoms with Gasteiger partial charge in [0.05, 0.1) is 5.25 Å². The monoisotopic (exact) mass is 275 g/mol. The highest BCUT2D eigenvalue weighted by atomic mass is 32.2. The predicted octanol–water partition coefficient (Wildman–Crippen LogP) is 1.09. The lowest BCUT2D eigenvalue weighted by Crippen LogP contribution is -2.45. The molecule has 0 spiro atoms. The number of hydrogen-bond acceptors (Lipinski definition) is 4. The number of rotatable bonds is 4. The van der Waals surface area contributed by atoms with Crippen molar-refractivity contribution in [2.75, 3.05) is 12.9 Å². The molecule has 0 heterocycles. The number of hydrogen-bond donors (Lipinski definition) is 2. The zero-order valence-corrected chi connectivity index (χ0v) is 12.0. The second-order valence-electron chi connectivity index (χ2n) is 5.96. The first kappa shape index (κ1) is 14.3. The van der Waals surface area contributed by atoms with E-state index in [9.17, 15) is 13.5 Å². The number of nitrogens with one attached hydrogen (secondary N) is 1.